The molecule has 0 saturated carbocycles. The van der Waals surface area contributed by atoms with Crippen molar-refractivity contribution in [3.05, 3.63) is 53.2 Å². The zero-order valence-electron chi connectivity index (χ0n) is 19.5. The summed E-state index contributed by atoms with van der Waals surface area (Å²) >= 11 is 0. The zero-order chi connectivity index (χ0) is 24.3. The Morgan fingerprint density at radius 1 is 1.26 bits per heavy atom. The lowest BCUT2D eigenvalue weighted by Gasteiger charge is -2.25. The van der Waals surface area contributed by atoms with Gasteiger partial charge in [-0.2, -0.15) is 0 Å². The van der Waals surface area contributed by atoms with Gasteiger partial charge in [-0.15, -0.1) is 0 Å². The summed E-state index contributed by atoms with van der Waals surface area (Å²) in [6.45, 7) is 1.84. The van der Waals surface area contributed by atoms with Gasteiger partial charge in [-0.25, -0.2) is 4.98 Å². The molecule has 3 amide bonds. The third-order valence-electron chi connectivity index (χ3n) is 5.90. The van der Waals surface area contributed by atoms with E-state index in [0.717, 1.165) is 12.1 Å². The average molecular weight is 462 g/mol. The van der Waals surface area contributed by atoms with Gasteiger partial charge in [0.1, 0.15) is 17.0 Å². The number of rotatable bonds is 7. The standard InChI is InChI=1S/C25H27N5O4/c1-29(2)12-11-27-22-17(5-4-10-26-22)8-9-25(14-21(31)28-24(25)33)16-30-15-18-6-7-19(34-3)13-20(18)23(30)32/h4-7,10,13H,11-12,14-16H2,1-3H3,(H,26,27)(H,28,31,33)/t25-/m1/s1. The lowest BCUT2D eigenvalue weighted by molar-refractivity contribution is -0.127. The minimum atomic E-state index is -1.34. The number of amides is 3. The number of likely N-dealkylation sites (N-methyl/N-ethyl adjacent to an activating group) is 1. The number of ether oxygens (including phenoxy) is 1. The molecule has 1 aromatic carbocycles. The summed E-state index contributed by atoms with van der Waals surface area (Å²) in [7, 11) is 5.50. The van der Waals surface area contributed by atoms with Gasteiger partial charge in [-0.3, -0.25) is 19.7 Å². The molecule has 0 spiro atoms. The van der Waals surface area contributed by atoms with Gasteiger partial charge < -0.3 is 19.9 Å². The molecule has 9 nitrogen and oxygen atoms in total. The molecule has 0 radical (unpaired) electrons. The fraction of sp³-hybridized carbons (Fsp3) is 0.360. The smallest absolute Gasteiger partial charge is 0.254 e. The number of anilines is 1. The number of aromatic nitrogens is 1. The molecule has 2 N–H and O–H groups in total. The summed E-state index contributed by atoms with van der Waals surface area (Å²) in [6, 6.07) is 8.90. The molecule has 1 fully saturated rings. The van der Waals surface area contributed by atoms with Crippen molar-refractivity contribution in [3.63, 3.8) is 0 Å². The highest BCUT2D eigenvalue weighted by Crippen LogP contribution is 2.33. The third kappa shape index (κ3) is 4.72. The summed E-state index contributed by atoms with van der Waals surface area (Å²) in [5.41, 5.74) is 0.661. The number of imide groups is 1. The number of carbonyl (C=O) groups is 3. The predicted molar refractivity (Wildman–Crippen MR) is 126 cm³/mol. The summed E-state index contributed by atoms with van der Waals surface area (Å²) < 4.78 is 5.23. The van der Waals surface area contributed by atoms with Crippen molar-refractivity contribution in [3.8, 4) is 17.6 Å². The Morgan fingerprint density at radius 2 is 2.09 bits per heavy atom. The molecule has 2 aliphatic rings. The quantitative estimate of drug-likeness (QED) is 0.470. The highest BCUT2D eigenvalue weighted by atomic mass is 16.5. The van der Waals surface area contributed by atoms with Crippen molar-refractivity contribution in [2.45, 2.75) is 13.0 Å². The Kier molecular flexibility index (Phi) is 6.52. The van der Waals surface area contributed by atoms with Crippen molar-refractivity contribution in [2.75, 3.05) is 46.2 Å². The molecule has 0 aliphatic carbocycles. The van der Waals surface area contributed by atoms with E-state index in [0.29, 0.717) is 35.8 Å². The van der Waals surface area contributed by atoms with E-state index < -0.39 is 17.2 Å². The number of pyridine rings is 1. The molecule has 2 aromatic rings. The fourth-order valence-electron chi connectivity index (χ4n) is 4.07. The summed E-state index contributed by atoms with van der Waals surface area (Å²) in [4.78, 5) is 46.1. The number of nitrogens with zero attached hydrogens (tertiary/aromatic N) is 3. The first-order valence-corrected chi connectivity index (χ1v) is 11.0. The fourth-order valence-corrected chi connectivity index (χ4v) is 4.07. The number of hydrogen-bond donors (Lipinski definition) is 2. The van der Waals surface area contributed by atoms with Crippen LogP contribution >= 0.6 is 0 Å². The average Bonchev–Trinajstić information content (AvgIpc) is 3.27. The summed E-state index contributed by atoms with van der Waals surface area (Å²) in [5.74, 6) is 6.18. The van der Waals surface area contributed by atoms with E-state index in [9.17, 15) is 14.4 Å². The van der Waals surface area contributed by atoms with Crippen LogP contribution in [0.2, 0.25) is 0 Å². The van der Waals surface area contributed by atoms with Gasteiger partial charge in [0.2, 0.25) is 11.8 Å². The second kappa shape index (κ2) is 9.53. The van der Waals surface area contributed by atoms with E-state index in [4.69, 9.17) is 4.74 Å². The highest BCUT2D eigenvalue weighted by Gasteiger charge is 2.48. The molecule has 176 valence electrons. The molecule has 34 heavy (non-hydrogen) atoms. The van der Waals surface area contributed by atoms with Crippen LogP contribution in [0, 0.1) is 17.3 Å². The predicted octanol–water partition coefficient (Wildman–Crippen LogP) is 1.10. The van der Waals surface area contributed by atoms with E-state index in [2.05, 4.69) is 27.5 Å². The lowest BCUT2D eigenvalue weighted by atomic mass is 9.85. The van der Waals surface area contributed by atoms with Crippen LogP contribution < -0.4 is 15.4 Å². The Bertz CT molecular complexity index is 1200. The van der Waals surface area contributed by atoms with E-state index in [1.54, 1.807) is 36.4 Å². The third-order valence-corrected chi connectivity index (χ3v) is 5.90. The molecule has 4 rings (SSSR count). The van der Waals surface area contributed by atoms with Crippen molar-refractivity contribution < 1.29 is 19.1 Å². The van der Waals surface area contributed by atoms with Gasteiger partial charge in [0.05, 0.1) is 19.1 Å². The van der Waals surface area contributed by atoms with Gasteiger partial charge >= 0.3 is 0 Å². The molecule has 0 bridgehead atoms. The minimum Gasteiger partial charge on any atom is -0.497 e. The van der Waals surface area contributed by atoms with Crippen molar-refractivity contribution in [1.29, 1.82) is 0 Å². The van der Waals surface area contributed by atoms with Crippen molar-refractivity contribution in [1.82, 2.24) is 20.1 Å². The minimum absolute atomic E-state index is 0.0110. The van der Waals surface area contributed by atoms with Crippen LogP contribution in [0.5, 0.6) is 5.75 Å². The van der Waals surface area contributed by atoms with E-state index in [-0.39, 0.29) is 18.9 Å². The van der Waals surface area contributed by atoms with Crippen LogP contribution in [0.1, 0.15) is 27.9 Å². The van der Waals surface area contributed by atoms with E-state index in [1.807, 2.05) is 31.1 Å². The Labute approximate surface area is 198 Å². The number of benzene rings is 1. The monoisotopic (exact) mass is 461 g/mol. The maximum absolute atomic E-state index is 13.1. The number of methoxy groups -OCH3 is 1. The van der Waals surface area contributed by atoms with Crippen LogP contribution in [-0.4, -0.2) is 73.3 Å². The van der Waals surface area contributed by atoms with Gasteiger partial charge in [-0.05, 0) is 43.9 Å². The van der Waals surface area contributed by atoms with Gasteiger partial charge in [0.25, 0.3) is 5.91 Å². The number of nitrogens with one attached hydrogen (secondary N) is 2. The molecule has 0 unspecified atom stereocenters. The number of fused-ring (bicyclic) bond motifs is 1. The largest absolute Gasteiger partial charge is 0.497 e. The topological polar surface area (TPSA) is 104 Å². The Balaban J connectivity index is 1.60. The lowest BCUT2D eigenvalue weighted by Crippen LogP contribution is -2.42. The van der Waals surface area contributed by atoms with Gasteiger partial charge in [-0.1, -0.05) is 17.9 Å². The molecule has 3 heterocycles. The second-order valence-electron chi connectivity index (χ2n) is 8.70. The van der Waals surface area contributed by atoms with Crippen LogP contribution in [0.3, 0.4) is 0 Å². The molecule has 9 heteroatoms. The van der Waals surface area contributed by atoms with Crippen LogP contribution in [0.25, 0.3) is 0 Å². The molecule has 1 saturated heterocycles. The summed E-state index contributed by atoms with van der Waals surface area (Å²) in [5, 5.41) is 5.61. The van der Waals surface area contributed by atoms with E-state index >= 15 is 0 Å². The zero-order valence-corrected chi connectivity index (χ0v) is 19.5. The molecular formula is C25H27N5O4. The maximum atomic E-state index is 13.1. The van der Waals surface area contributed by atoms with Crippen LogP contribution in [-0.2, 0) is 16.1 Å². The Morgan fingerprint density at radius 3 is 2.79 bits per heavy atom. The molecule has 1 atom stereocenters. The maximum Gasteiger partial charge on any atom is 0.254 e. The molecule has 1 aromatic heterocycles. The van der Waals surface area contributed by atoms with Crippen molar-refractivity contribution in [2.24, 2.45) is 5.41 Å². The first-order chi connectivity index (χ1) is 16.3. The van der Waals surface area contributed by atoms with Crippen molar-refractivity contribution >= 4 is 23.5 Å². The van der Waals surface area contributed by atoms with Gasteiger partial charge in [0.15, 0.2) is 0 Å². The van der Waals surface area contributed by atoms with Crippen LogP contribution in [0.4, 0.5) is 5.82 Å². The molecule has 2 aliphatic heterocycles. The van der Waals surface area contributed by atoms with E-state index in [1.165, 1.54) is 0 Å². The second-order valence-corrected chi connectivity index (χ2v) is 8.70. The summed E-state index contributed by atoms with van der Waals surface area (Å²) in [6.07, 6.45) is 1.56. The number of hydrogen-bond acceptors (Lipinski definition) is 7. The SMILES string of the molecule is COc1ccc2c(c1)C(=O)N(C[C@@]1(C#Cc3cccnc3NCCN(C)C)CC(=O)NC1=O)C2. The van der Waals surface area contributed by atoms with Gasteiger partial charge in [0, 0.05) is 37.9 Å². The first-order valence-electron chi connectivity index (χ1n) is 11.0. The highest BCUT2D eigenvalue weighted by molar-refractivity contribution is 6.08. The molecular weight excluding hydrogens is 434 g/mol. The number of carbonyl (C=O) groups excluding carboxylic acids is 3. The Hall–Kier alpha value is -3.90. The first kappa shape index (κ1) is 23.3. The normalized spacial score (nSPS) is 19.1. The van der Waals surface area contributed by atoms with Crippen LogP contribution in [0.15, 0.2) is 36.5 Å².